The Morgan fingerprint density at radius 1 is 1.22 bits per heavy atom. The van der Waals surface area contributed by atoms with Crippen molar-refractivity contribution in [3.05, 3.63) is 24.3 Å². The first-order valence-corrected chi connectivity index (χ1v) is 8.10. The molecule has 1 heterocycles. The van der Waals surface area contributed by atoms with E-state index in [-0.39, 0.29) is 24.4 Å². The summed E-state index contributed by atoms with van der Waals surface area (Å²) in [5, 5.41) is 2.93. The third-order valence-electron chi connectivity index (χ3n) is 4.50. The van der Waals surface area contributed by atoms with Crippen molar-refractivity contribution in [1.29, 1.82) is 0 Å². The molecule has 128 valence electrons. The molecule has 1 aliphatic heterocycles. The Balaban J connectivity index is 0.00000192. The first-order valence-electron chi connectivity index (χ1n) is 8.10. The van der Waals surface area contributed by atoms with Crippen molar-refractivity contribution in [2.24, 2.45) is 5.73 Å². The van der Waals surface area contributed by atoms with Crippen LogP contribution in [-0.2, 0) is 9.53 Å². The minimum atomic E-state index is -0.714. The number of halogens is 1. The summed E-state index contributed by atoms with van der Waals surface area (Å²) in [6.45, 7) is 1.41. The lowest BCUT2D eigenvalue weighted by atomic mass is 9.82. The van der Waals surface area contributed by atoms with Gasteiger partial charge >= 0.3 is 0 Å². The van der Waals surface area contributed by atoms with Gasteiger partial charge in [-0.15, -0.1) is 12.4 Å². The SMILES string of the molecule is Cl.NC1(C(=O)Nc2ccc(OC3CCOC3)cc2)CCCCC1. The molecule has 0 aromatic heterocycles. The van der Waals surface area contributed by atoms with Crippen molar-refractivity contribution in [1.82, 2.24) is 0 Å². The number of carbonyl (C=O) groups is 1. The molecular weight excluding hydrogens is 316 g/mol. The van der Waals surface area contributed by atoms with Crippen LogP contribution in [0.5, 0.6) is 5.75 Å². The molecule has 3 rings (SSSR count). The van der Waals surface area contributed by atoms with Crippen LogP contribution < -0.4 is 15.8 Å². The van der Waals surface area contributed by atoms with Gasteiger partial charge in [0.15, 0.2) is 0 Å². The van der Waals surface area contributed by atoms with E-state index in [2.05, 4.69) is 5.32 Å². The molecule has 1 atom stereocenters. The van der Waals surface area contributed by atoms with E-state index < -0.39 is 5.54 Å². The largest absolute Gasteiger partial charge is 0.488 e. The molecule has 3 N–H and O–H groups in total. The minimum absolute atomic E-state index is 0. The van der Waals surface area contributed by atoms with Gasteiger partial charge in [0.05, 0.1) is 18.8 Å². The molecule has 1 aliphatic carbocycles. The van der Waals surface area contributed by atoms with Crippen molar-refractivity contribution in [3.63, 3.8) is 0 Å². The second-order valence-electron chi connectivity index (χ2n) is 6.30. The van der Waals surface area contributed by atoms with E-state index in [1.807, 2.05) is 24.3 Å². The van der Waals surface area contributed by atoms with Crippen molar-refractivity contribution in [2.45, 2.75) is 50.2 Å². The number of benzene rings is 1. The van der Waals surface area contributed by atoms with Gasteiger partial charge in [0.1, 0.15) is 11.9 Å². The molecule has 0 radical (unpaired) electrons. The fourth-order valence-electron chi connectivity index (χ4n) is 3.08. The molecule has 5 nitrogen and oxygen atoms in total. The number of rotatable bonds is 4. The molecule has 1 saturated heterocycles. The standard InChI is InChI=1S/C17H24N2O3.ClH/c18-17(9-2-1-3-10-17)16(20)19-13-4-6-14(7-5-13)22-15-8-11-21-12-15;/h4-7,15H,1-3,8-12,18H2,(H,19,20);1H. The van der Waals surface area contributed by atoms with E-state index in [0.29, 0.717) is 6.61 Å². The summed E-state index contributed by atoms with van der Waals surface area (Å²) in [5.74, 6) is 0.721. The van der Waals surface area contributed by atoms with Gasteiger partial charge in [-0.25, -0.2) is 0 Å². The first kappa shape index (κ1) is 18.0. The number of anilines is 1. The van der Waals surface area contributed by atoms with Gasteiger partial charge in [0, 0.05) is 12.1 Å². The van der Waals surface area contributed by atoms with Crippen LogP contribution in [-0.4, -0.2) is 30.8 Å². The third-order valence-corrected chi connectivity index (χ3v) is 4.50. The second-order valence-corrected chi connectivity index (χ2v) is 6.30. The average molecular weight is 341 g/mol. The smallest absolute Gasteiger partial charge is 0.244 e. The van der Waals surface area contributed by atoms with Crippen LogP contribution in [0.2, 0.25) is 0 Å². The molecule has 0 spiro atoms. The van der Waals surface area contributed by atoms with Gasteiger partial charge < -0.3 is 20.5 Å². The molecule has 6 heteroatoms. The Kier molecular flexibility index (Phi) is 6.27. The molecule has 1 unspecified atom stereocenters. The topological polar surface area (TPSA) is 73.6 Å². The maximum atomic E-state index is 12.4. The van der Waals surface area contributed by atoms with Crippen LogP contribution in [0.3, 0.4) is 0 Å². The van der Waals surface area contributed by atoms with E-state index in [1.54, 1.807) is 0 Å². The van der Waals surface area contributed by atoms with Gasteiger partial charge in [0.2, 0.25) is 5.91 Å². The number of hydrogen-bond acceptors (Lipinski definition) is 4. The lowest BCUT2D eigenvalue weighted by Crippen LogP contribution is -2.52. The second kappa shape index (κ2) is 7.99. The van der Waals surface area contributed by atoms with Crippen LogP contribution >= 0.6 is 12.4 Å². The highest BCUT2D eigenvalue weighted by molar-refractivity contribution is 5.98. The number of hydrogen-bond donors (Lipinski definition) is 2. The quantitative estimate of drug-likeness (QED) is 0.883. The third kappa shape index (κ3) is 4.59. The number of nitrogens with one attached hydrogen (secondary N) is 1. The Morgan fingerprint density at radius 3 is 2.52 bits per heavy atom. The summed E-state index contributed by atoms with van der Waals surface area (Å²) < 4.78 is 11.1. The predicted molar refractivity (Wildman–Crippen MR) is 92.2 cm³/mol. The van der Waals surface area contributed by atoms with Gasteiger partial charge in [-0.05, 0) is 37.1 Å². The summed E-state index contributed by atoms with van der Waals surface area (Å²) >= 11 is 0. The van der Waals surface area contributed by atoms with Crippen LogP contribution in [0.4, 0.5) is 5.69 Å². The number of ether oxygens (including phenoxy) is 2. The van der Waals surface area contributed by atoms with Crippen molar-refractivity contribution < 1.29 is 14.3 Å². The zero-order valence-electron chi connectivity index (χ0n) is 13.3. The Morgan fingerprint density at radius 2 is 1.91 bits per heavy atom. The number of amides is 1. The lowest BCUT2D eigenvalue weighted by Gasteiger charge is -2.31. The highest BCUT2D eigenvalue weighted by atomic mass is 35.5. The van der Waals surface area contributed by atoms with Crippen LogP contribution in [0, 0.1) is 0 Å². The zero-order valence-corrected chi connectivity index (χ0v) is 14.1. The molecule has 0 bridgehead atoms. The van der Waals surface area contributed by atoms with Gasteiger partial charge in [-0.1, -0.05) is 19.3 Å². The summed E-state index contributed by atoms with van der Waals surface area (Å²) in [6, 6.07) is 7.46. The van der Waals surface area contributed by atoms with E-state index in [4.69, 9.17) is 15.2 Å². The summed E-state index contributed by atoms with van der Waals surface area (Å²) in [4.78, 5) is 12.4. The molecule has 1 aromatic rings. The molecule has 2 aliphatic rings. The Bertz CT molecular complexity index is 509. The molecule has 1 amide bonds. The van der Waals surface area contributed by atoms with Crippen LogP contribution in [0.25, 0.3) is 0 Å². The van der Waals surface area contributed by atoms with E-state index in [9.17, 15) is 4.79 Å². The average Bonchev–Trinajstić information content (AvgIpc) is 3.03. The maximum Gasteiger partial charge on any atom is 0.244 e. The van der Waals surface area contributed by atoms with E-state index in [0.717, 1.165) is 50.1 Å². The minimum Gasteiger partial charge on any atom is -0.488 e. The number of nitrogens with two attached hydrogens (primary N) is 1. The Hall–Kier alpha value is -1.30. The fraction of sp³-hybridized carbons (Fsp3) is 0.588. The summed E-state index contributed by atoms with van der Waals surface area (Å²) in [7, 11) is 0. The maximum absolute atomic E-state index is 12.4. The predicted octanol–water partition coefficient (Wildman–Crippen LogP) is 2.88. The lowest BCUT2D eigenvalue weighted by molar-refractivity contribution is -0.122. The molecule has 2 fully saturated rings. The number of carbonyl (C=O) groups excluding carboxylic acids is 1. The van der Waals surface area contributed by atoms with E-state index >= 15 is 0 Å². The summed E-state index contributed by atoms with van der Waals surface area (Å²) in [5.41, 5.74) is 6.28. The van der Waals surface area contributed by atoms with Gasteiger partial charge in [-0.2, -0.15) is 0 Å². The highest BCUT2D eigenvalue weighted by Gasteiger charge is 2.35. The normalized spacial score (nSPS) is 22.9. The molecule has 1 aromatic carbocycles. The highest BCUT2D eigenvalue weighted by Crippen LogP contribution is 2.27. The van der Waals surface area contributed by atoms with Gasteiger partial charge in [-0.3, -0.25) is 4.79 Å². The molecule has 1 saturated carbocycles. The van der Waals surface area contributed by atoms with E-state index in [1.165, 1.54) is 6.42 Å². The van der Waals surface area contributed by atoms with Crippen molar-refractivity contribution >= 4 is 24.0 Å². The monoisotopic (exact) mass is 340 g/mol. The van der Waals surface area contributed by atoms with Crippen LogP contribution in [0.1, 0.15) is 38.5 Å². The molecule has 23 heavy (non-hydrogen) atoms. The molecular formula is C17H25ClN2O3. The zero-order chi connectivity index (χ0) is 15.4. The fourth-order valence-corrected chi connectivity index (χ4v) is 3.08. The van der Waals surface area contributed by atoms with Crippen molar-refractivity contribution in [2.75, 3.05) is 18.5 Å². The summed E-state index contributed by atoms with van der Waals surface area (Å²) in [6.07, 6.45) is 5.82. The van der Waals surface area contributed by atoms with Gasteiger partial charge in [0.25, 0.3) is 0 Å². The first-order chi connectivity index (χ1) is 10.7. The van der Waals surface area contributed by atoms with Crippen LogP contribution in [0.15, 0.2) is 24.3 Å². The van der Waals surface area contributed by atoms with Crippen molar-refractivity contribution in [3.8, 4) is 5.75 Å². The Labute approximate surface area is 143 Å².